The normalized spacial score (nSPS) is 10.7. The van der Waals surface area contributed by atoms with Gasteiger partial charge in [-0.2, -0.15) is 0 Å². The number of halogens is 1. The van der Waals surface area contributed by atoms with E-state index in [0.29, 0.717) is 11.4 Å². The largest absolute Gasteiger partial charge is 0.351 e. The van der Waals surface area contributed by atoms with Crippen LogP contribution in [0.2, 0.25) is 0 Å². The minimum atomic E-state index is -0.283. The van der Waals surface area contributed by atoms with Crippen molar-refractivity contribution in [3.63, 3.8) is 0 Å². The van der Waals surface area contributed by atoms with Crippen molar-refractivity contribution < 1.29 is 9.18 Å². The molecule has 3 aromatic rings. The molecule has 2 heterocycles. The molecule has 2 aromatic heterocycles. The number of nitrogens with zero attached hydrogens (tertiary/aromatic N) is 2. The zero-order chi connectivity index (χ0) is 16.1. The van der Waals surface area contributed by atoms with Crippen LogP contribution in [0.15, 0.2) is 54.4 Å². The summed E-state index contributed by atoms with van der Waals surface area (Å²) in [4.78, 5) is 17.0. The Hall–Kier alpha value is -2.47. The smallest absolute Gasteiger partial charge is 0.261 e. The van der Waals surface area contributed by atoms with Gasteiger partial charge in [-0.15, -0.1) is 11.3 Å². The Morgan fingerprint density at radius 3 is 2.83 bits per heavy atom. The monoisotopic (exact) mass is 329 g/mol. The molecule has 0 saturated carbocycles. The fourth-order valence-electron chi connectivity index (χ4n) is 2.30. The first kappa shape index (κ1) is 15.4. The molecule has 1 amide bonds. The highest BCUT2D eigenvalue weighted by Gasteiger charge is 2.14. The van der Waals surface area contributed by atoms with Gasteiger partial charge in [0, 0.05) is 31.0 Å². The van der Waals surface area contributed by atoms with E-state index in [0.717, 1.165) is 24.1 Å². The molecular weight excluding hydrogens is 313 g/mol. The summed E-state index contributed by atoms with van der Waals surface area (Å²) < 4.78 is 15.0. The van der Waals surface area contributed by atoms with E-state index < -0.39 is 0 Å². The summed E-state index contributed by atoms with van der Waals surface area (Å²) in [5.74, 6) is -0.376. The minimum absolute atomic E-state index is 0.0926. The van der Waals surface area contributed by atoms with Crippen molar-refractivity contribution in [3.05, 3.63) is 65.1 Å². The molecule has 0 radical (unpaired) electrons. The van der Waals surface area contributed by atoms with Gasteiger partial charge in [-0.05, 0) is 35.6 Å². The Kier molecular flexibility index (Phi) is 4.83. The molecule has 0 aliphatic heterocycles. The van der Waals surface area contributed by atoms with Crippen molar-refractivity contribution in [2.75, 3.05) is 6.54 Å². The zero-order valence-electron chi connectivity index (χ0n) is 12.4. The molecule has 0 bridgehead atoms. The quantitative estimate of drug-likeness (QED) is 0.703. The Morgan fingerprint density at radius 2 is 2.09 bits per heavy atom. The van der Waals surface area contributed by atoms with Gasteiger partial charge in [0.2, 0.25) is 0 Å². The second-order valence-electron chi connectivity index (χ2n) is 5.08. The van der Waals surface area contributed by atoms with E-state index in [1.165, 1.54) is 23.5 Å². The topological polar surface area (TPSA) is 46.9 Å². The van der Waals surface area contributed by atoms with Crippen LogP contribution in [0.25, 0.3) is 11.1 Å². The van der Waals surface area contributed by atoms with E-state index in [4.69, 9.17) is 0 Å². The molecule has 1 aromatic carbocycles. The average Bonchev–Trinajstić information content (AvgIpc) is 3.23. The molecular formula is C17H16FN3OS. The molecule has 0 saturated heterocycles. The van der Waals surface area contributed by atoms with E-state index in [1.807, 2.05) is 22.2 Å². The Balaban J connectivity index is 1.59. The van der Waals surface area contributed by atoms with Crippen molar-refractivity contribution in [1.82, 2.24) is 14.9 Å². The highest BCUT2D eigenvalue weighted by atomic mass is 32.1. The van der Waals surface area contributed by atoms with Gasteiger partial charge in [0.05, 0.1) is 11.2 Å². The number of aromatic nitrogens is 2. The number of hydrogen-bond acceptors (Lipinski definition) is 3. The molecule has 3 rings (SSSR count). The number of carbonyl (C=O) groups excluding carboxylic acids is 1. The molecule has 0 fully saturated rings. The van der Waals surface area contributed by atoms with Gasteiger partial charge in [-0.3, -0.25) is 4.79 Å². The van der Waals surface area contributed by atoms with Crippen LogP contribution >= 0.6 is 11.3 Å². The number of amides is 1. The fraction of sp³-hybridized carbons (Fsp3) is 0.176. The second kappa shape index (κ2) is 7.19. The SMILES string of the molecule is O=C(NCCCn1ccnc1)c1sccc1-c1ccc(F)cc1. The minimum Gasteiger partial charge on any atom is -0.351 e. The molecule has 0 atom stereocenters. The number of carbonyl (C=O) groups is 1. The van der Waals surface area contributed by atoms with Crippen LogP contribution in [0, 0.1) is 5.82 Å². The first-order valence-electron chi connectivity index (χ1n) is 7.31. The Bertz CT molecular complexity index is 766. The summed E-state index contributed by atoms with van der Waals surface area (Å²) in [6.07, 6.45) is 6.22. The summed E-state index contributed by atoms with van der Waals surface area (Å²) in [5, 5.41) is 4.81. The summed E-state index contributed by atoms with van der Waals surface area (Å²) in [6, 6.07) is 8.07. The number of nitrogens with one attached hydrogen (secondary N) is 1. The Labute approximate surface area is 137 Å². The molecule has 6 heteroatoms. The first-order valence-corrected chi connectivity index (χ1v) is 8.19. The van der Waals surface area contributed by atoms with Gasteiger partial charge >= 0.3 is 0 Å². The second-order valence-corrected chi connectivity index (χ2v) is 6.00. The summed E-state index contributed by atoms with van der Waals surface area (Å²) >= 11 is 1.39. The standard InChI is InChI=1S/C17H16FN3OS/c18-14-4-2-13(3-5-14)15-6-11-23-16(15)17(22)20-7-1-9-21-10-8-19-12-21/h2-6,8,10-12H,1,7,9H2,(H,20,22). The number of aryl methyl sites for hydroxylation is 1. The Morgan fingerprint density at radius 1 is 1.26 bits per heavy atom. The molecule has 23 heavy (non-hydrogen) atoms. The molecule has 1 N–H and O–H groups in total. The van der Waals surface area contributed by atoms with Gasteiger partial charge in [0.15, 0.2) is 0 Å². The highest BCUT2D eigenvalue weighted by Crippen LogP contribution is 2.28. The van der Waals surface area contributed by atoms with Gasteiger partial charge in [0.25, 0.3) is 5.91 Å². The maximum absolute atomic E-state index is 13.0. The lowest BCUT2D eigenvalue weighted by Crippen LogP contribution is -2.24. The van der Waals surface area contributed by atoms with Gasteiger partial charge in [0.1, 0.15) is 5.82 Å². The predicted molar refractivity (Wildman–Crippen MR) is 88.9 cm³/mol. The lowest BCUT2D eigenvalue weighted by atomic mass is 10.1. The maximum Gasteiger partial charge on any atom is 0.261 e. The highest BCUT2D eigenvalue weighted by molar-refractivity contribution is 7.12. The average molecular weight is 329 g/mol. The van der Waals surface area contributed by atoms with Crippen molar-refractivity contribution in [2.45, 2.75) is 13.0 Å². The third kappa shape index (κ3) is 3.84. The van der Waals surface area contributed by atoms with Gasteiger partial charge in [-0.1, -0.05) is 12.1 Å². The lowest BCUT2D eigenvalue weighted by molar-refractivity contribution is 0.0957. The first-order chi connectivity index (χ1) is 11.2. The van der Waals surface area contributed by atoms with E-state index in [-0.39, 0.29) is 11.7 Å². The molecule has 118 valence electrons. The van der Waals surface area contributed by atoms with E-state index in [9.17, 15) is 9.18 Å². The van der Waals surface area contributed by atoms with Crippen LogP contribution in [0.1, 0.15) is 16.1 Å². The lowest BCUT2D eigenvalue weighted by Gasteiger charge is -2.07. The molecule has 0 aliphatic rings. The van der Waals surface area contributed by atoms with Crippen molar-refractivity contribution >= 4 is 17.2 Å². The van der Waals surface area contributed by atoms with Crippen molar-refractivity contribution in [1.29, 1.82) is 0 Å². The predicted octanol–water partition coefficient (Wildman–Crippen LogP) is 3.57. The van der Waals surface area contributed by atoms with E-state index in [1.54, 1.807) is 24.7 Å². The van der Waals surface area contributed by atoms with Crippen LogP contribution < -0.4 is 5.32 Å². The molecule has 0 spiro atoms. The van der Waals surface area contributed by atoms with Crippen LogP contribution in [-0.4, -0.2) is 22.0 Å². The van der Waals surface area contributed by atoms with Gasteiger partial charge < -0.3 is 9.88 Å². The maximum atomic E-state index is 13.0. The van der Waals surface area contributed by atoms with Crippen molar-refractivity contribution in [2.24, 2.45) is 0 Å². The fourth-order valence-corrected chi connectivity index (χ4v) is 3.14. The summed E-state index contributed by atoms with van der Waals surface area (Å²) in [6.45, 7) is 1.41. The zero-order valence-corrected chi connectivity index (χ0v) is 13.2. The summed E-state index contributed by atoms with van der Waals surface area (Å²) in [5.41, 5.74) is 1.68. The van der Waals surface area contributed by atoms with E-state index >= 15 is 0 Å². The summed E-state index contributed by atoms with van der Waals surface area (Å²) in [7, 11) is 0. The molecule has 0 aliphatic carbocycles. The third-order valence-electron chi connectivity index (χ3n) is 3.46. The van der Waals surface area contributed by atoms with Crippen LogP contribution in [0.3, 0.4) is 0 Å². The van der Waals surface area contributed by atoms with E-state index in [2.05, 4.69) is 10.3 Å². The number of hydrogen-bond donors (Lipinski definition) is 1. The molecule has 0 unspecified atom stereocenters. The molecule has 4 nitrogen and oxygen atoms in total. The van der Waals surface area contributed by atoms with Crippen LogP contribution in [0.4, 0.5) is 4.39 Å². The third-order valence-corrected chi connectivity index (χ3v) is 4.38. The number of thiophene rings is 1. The van der Waals surface area contributed by atoms with Crippen LogP contribution in [-0.2, 0) is 6.54 Å². The number of imidazole rings is 1. The van der Waals surface area contributed by atoms with Crippen LogP contribution in [0.5, 0.6) is 0 Å². The van der Waals surface area contributed by atoms with Crippen molar-refractivity contribution in [3.8, 4) is 11.1 Å². The number of rotatable bonds is 6. The number of benzene rings is 1. The van der Waals surface area contributed by atoms with Gasteiger partial charge in [-0.25, -0.2) is 9.37 Å².